The molecule has 0 aromatic carbocycles. The van der Waals surface area contributed by atoms with Gasteiger partial charge in [0.05, 0.1) is 48.6 Å². The molecular formula is C36H66N2O12. The number of carbonyl (C=O) groups excluding carboxylic acids is 1. The Balaban J connectivity index is 1.77. The van der Waals surface area contributed by atoms with Gasteiger partial charge in [0.2, 0.25) is 0 Å². The van der Waals surface area contributed by atoms with Crippen LogP contribution in [0.1, 0.15) is 94.9 Å². The Bertz CT molecular complexity index is 1140. The predicted molar refractivity (Wildman–Crippen MR) is 183 cm³/mol. The standard InChI is InChI=1S/C36H66N2O12/c1-12-25-35(10,43)29(40)18(2)16-38-19(3)14-33(8,42)30(50-32-27(39)24(37)13-20(4)46-32)21(5)28(22(6)31(41)48-25)49-26-15-34(9,44-11)36(17-45-36)23(7)47-26/h18-30,32,38-40,42-43H,12-17,37H2,1-11H3/t18-,19+,20+,21-,22?,23-,24-,25+,26?,27+,28+,29+,30+,32-,33-,34+,35+,36+/m0/s1. The first kappa shape index (κ1) is 41.7. The third kappa shape index (κ3) is 8.37. The summed E-state index contributed by atoms with van der Waals surface area (Å²) in [5, 5.41) is 49.7. The molecule has 1 spiro atoms. The molecule has 4 aliphatic heterocycles. The topological polar surface area (TPSA) is 204 Å². The molecule has 14 heteroatoms. The number of aliphatic hydroxyl groups excluding tert-OH is 2. The number of epoxide rings is 1. The second-order valence-electron chi connectivity index (χ2n) is 16.4. The monoisotopic (exact) mass is 718 g/mol. The van der Waals surface area contributed by atoms with Crippen LogP contribution >= 0.6 is 0 Å². The van der Waals surface area contributed by atoms with Gasteiger partial charge in [-0.2, -0.15) is 0 Å². The SMILES string of the molecule is CC[C@H]1OC(=O)C(C)[C@H](OC2C[C@@](C)(OC)[C@@]3(CO3)[C@H](C)O2)[C@H](C)[C@@H](O[C@@H]2O[C@H](C)C[C@H](N)[C@H]2O)[C@@](C)(O)C[C@@H](C)NC[C@H](C)[C@@H](O)[C@]1(C)O. The van der Waals surface area contributed by atoms with Crippen molar-refractivity contribution in [3.63, 3.8) is 0 Å². The molecule has 2 unspecified atom stereocenters. The number of nitrogens with one attached hydrogen (secondary N) is 1. The Morgan fingerprint density at radius 3 is 2.22 bits per heavy atom. The van der Waals surface area contributed by atoms with Crippen molar-refractivity contribution >= 4 is 5.97 Å². The largest absolute Gasteiger partial charge is 0.459 e. The summed E-state index contributed by atoms with van der Waals surface area (Å²) < 4.78 is 43.6. The summed E-state index contributed by atoms with van der Waals surface area (Å²) in [6.07, 6.45) is -7.07. The minimum atomic E-state index is -1.77. The van der Waals surface area contributed by atoms with E-state index >= 15 is 0 Å². The molecule has 0 aromatic rings. The van der Waals surface area contributed by atoms with E-state index in [0.29, 0.717) is 19.6 Å². The van der Waals surface area contributed by atoms with Gasteiger partial charge in [0.1, 0.15) is 29.0 Å². The van der Waals surface area contributed by atoms with E-state index in [4.69, 9.17) is 38.9 Å². The van der Waals surface area contributed by atoms with E-state index in [9.17, 15) is 25.2 Å². The number of hydrogen-bond acceptors (Lipinski definition) is 14. The Morgan fingerprint density at radius 2 is 1.64 bits per heavy atom. The van der Waals surface area contributed by atoms with Gasteiger partial charge in [0.15, 0.2) is 12.6 Å². The number of rotatable bonds is 6. The molecule has 18 atom stereocenters. The van der Waals surface area contributed by atoms with Crippen LogP contribution in [0.3, 0.4) is 0 Å². The molecule has 0 radical (unpaired) electrons. The van der Waals surface area contributed by atoms with Crippen molar-refractivity contribution < 1.29 is 58.4 Å². The average molecular weight is 719 g/mol. The van der Waals surface area contributed by atoms with Crippen molar-refractivity contribution in [2.75, 3.05) is 20.3 Å². The smallest absolute Gasteiger partial charge is 0.311 e. The van der Waals surface area contributed by atoms with E-state index in [-0.39, 0.29) is 31.4 Å². The molecule has 0 amide bonds. The van der Waals surface area contributed by atoms with Crippen LogP contribution in [0.5, 0.6) is 0 Å². The number of ether oxygens (including phenoxy) is 7. The number of aliphatic hydroxyl groups is 4. The summed E-state index contributed by atoms with van der Waals surface area (Å²) in [5.41, 5.74) is 1.55. The predicted octanol–water partition coefficient (Wildman–Crippen LogP) is 1.36. The first-order valence-electron chi connectivity index (χ1n) is 18.4. The number of carbonyl (C=O) groups is 1. The molecule has 0 aromatic heterocycles. The van der Waals surface area contributed by atoms with Crippen molar-refractivity contribution in [2.24, 2.45) is 23.5 Å². The van der Waals surface area contributed by atoms with Gasteiger partial charge in [-0.1, -0.05) is 20.8 Å². The molecule has 14 nitrogen and oxygen atoms in total. The third-order valence-corrected chi connectivity index (χ3v) is 12.0. The van der Waals surface area contributed by atoms with Crippen molar-refractivity contribution in [1.29, 1.82) is 0 Å². The van der Waals surface area contributed by atoms with Crippen LogP contribution < -0.4 is 11.1 Å². The molecule has 4 rings (SSSR count). The van der Waals surface area contributed by atoms with Gasteiger partial charge >= 0.3 is 5.97 Å². The highest BCUT2D eigenvalue weighted by Crippen LogP contribution is 2.51. The van der Waals surface area contributed by atoms with Crippen LogP contribution in [0, 0.1) is 17.8 Å². The fraction of sp³-hybridized carbons (Fsp3) is 0.972. The van der Waals surface area contributed by atoms with E-state index in [1.54, 1.807) is 34.8 Å². The van der Waals surface area contributed by atoms with Crippen molar-refractivity contribution in [3.8, 4) is 0 Å². The zero-order chi connectivity index (χ0) is 37.6. The van der Waals surface area contributed by atoms with Crippen LogP contribution in [0.2, 0.25) is 0 Å². The van der Waals surface area contributed by atoms with Gasteiger partial charge < -0.3 is 64.6 Å². The first-order valence-corrected chi connectivity index (χ1v) is 18.4. The van der Waals surface area contributed by atoms with E-state index in [1.165, 1.54) is 6.92 Å². The minimum Gasteiger partial charge on any atom is -0.459 e. The lowest BCUT2D eigenvalue weighted by atomic mass is 9.78. The summed E-state index contributed by atoms with van der Waals surface area (Å²) in [4.78, 5) is 14.1. The van der Waals surface area contributed by atoms with E-state index in [2.05, 4.69) is 5.32 Å². The van der Waals surface area contributed by atoms with Crippen LogP contribution in [-0.2, 0) is 38.0 Å². The fourth-order valence-corrected chi connectivity index (χ4v) is 8.56. The highest BCUT2D eigenvalue weighted by Gasteiger charge is 2.67. The van der Waals surface area contributed by atoms with Gasteiger partial charge in [-0.25, -0.2) is 0 Å². The molecule has 4 fully saturated rings. The van der Waals surface area contributed by atoms with E-state index in [0.717, 1.165) is 0 Å². The van der Waals surface area contributed by atoms with Gasteiger partial charge in [0.25, 0.3) is 0 Å². The molecule has 50 heavy (non-hydrogen) atoms. The fourth-order valence-electron chi connectivity index (χ4n) is 8.56. The Morgan fingerprint density at radius 1 is 1.00 bits per heavy atom. The maximum absolute atomic E-state index is 14.1. The lowest BCUT2D eigenvalue weighted by Gasteiger charge is -2.48. The summed E-state index contributed by atoms with van der Waals surface area (Å²) in [6.45, 7) is 18.6. The number of hydrogen-bond donors (Lipinski definition) is 6. The molecule has 4 saturated heterocycles. The average Bonchev–Trinajstić information content (AvgIpc) is 3.86. The number of cyclic esters (lactones) is 1. The van der Waals surface area contributed by atoms with E-state index in [1.807, 2.05) is 34.6 Å². The summed E-state index contributed by atoms with van der Waals surface area (Å²) in [6, 6.07) is -0.900. The normalized spacial score (nSPS) is 52.9. The molecule has 292 valence electrons. The van der Waals surface area contributed by atoms with E-state index < -0.39 is 101 Å². The molecule has 0 aliphatic carbocycles. The maximum atomic E-state index is 14.1. The van der Waals surface area contributed by atoms with Crippen LogP contribution in [-0.4, -0.2) is 136 Å². The highest BCUT2D eigenvalue weighted by molar-refractivity contribution is 5.73. The molecule has 7 N–H and O–H groups in total. The van der Waals surface area contributed by atoms with Gasteiger partial charge in [-0.3, -0.25) is 4.79 Å². The minimum absolute atomic E-state index is 0.174. The number of nitrogens with two attached hydrogens (primary N) is 1. The van der Waals surface area contributed by atoms with Crippen LogP contribution in [0.15, 0.2) is 0 Å². The quantitative estimate of drug-likeness (QED) is 0.170. The Labute approximate surface area is 298 Å². The second-order valence-corrected chi connectivity index (χ2v) is 16.4. The van der Waals surface area contributed by atoms with Crippen LogP contribution in [0.4, 0.5) is 0 Å². The Hall–Kier alpha value is -1.01. The molecule has 0 bridgehead atoms. The summed E-state index contributed by atoms with van der Waals surface area (Å²) >= 11 is 0. The van der Waals surface area contributed by atoms with Crippen molar-refractivity contribution in [3.05, 3.63) is 0 Å². The lowest BCUT2D eigenvalue weighted by molar-refractivity contribution is -0.311. The number of esters is 1. The second kappa shape index (κ2) is 15.8. The summed E-state index contributed by atoms with van der Waals surface area (Å²) in [7, 11) is 1.62. The maximum Gasteiger partial charge on any atom is 0.311 e. The highest BCUT2D eigenvalue weighted by atomic mass is 16.7. The lowest BCUT2D eigenvalue weighted by Crippen LogP contribution is -2.61. The zero-order valence-corrected chi connectivity index (χ0v) is 32.0. The molecule has 4 heterocycles. The summed E-state index contributed by atoms with van der Waals surface area (Å²) in [5.74, 6) is -2.83. The zero-order valence-electron chi connectivity index (χ0n) is 32.0. The molecule has 4 aliphatic rings. The third-order valence-electron chi connectivity index (χ3n) is 12.0. The van der Waals surface area contributed by atoms with Gasteiger partial charge in [-0.15, -0.1) is 0 Å². The number of methoxy groups -OCH3 is 1. The van der Waals surface area contributed by atoms with Crippen molar-refractivity contribution in [1.82, 2.24) is 5.32 Å². The molecular weight excluding hydrogens is 652 g/mol. The van der Waals surface area contributed by atoms with Crippen LogP contribution in [0.25, 0.3) is 0 Å². The first-order chi connectivity index (χ1) is 23.1. The Kier molecular flexibility index (Phi) is 13.2. The van der Waals surface area contributed by atoms with Gasteiger partial charge in [-0.05, 0) is 73.6 Å². The molecule has 0 saturated carbocycles. The van der Waals surface area contributed by atoms with Crippen molar-refractivity contribution in [2.45, 2.75) is 185 Å². The van der Waals surface area contributed by atoms with Gasteiger partial charge in [0, 0.05) is 38.1 Å².